The summed E-state index contributed by atoms with van der Waals surface area (Å²) in [5.74, 6) is -0.685. The zero-order chi connectivity index (χ0) is 15.3. The van der Waals surface area contributed by atoms with Crippen molar-refractivity contribution in [2.45, 2.75) is 38.1 Å². The van der Waals surface area contributed by atoms with Gasteiger partial charge >= 0.3 is 5.97 Å². The molecule has 0 heterocycles. The second-order valence-electron chi connectivity index (χ2n) is 5.84. The first-order valence-corrected chi connectivity index (χ1v) is 7.35. The maximum atomic E-state index is 12.0. The Morgan fingerprint density at radius 2 is 1.86 bits per heavy atom. The Kier molecular flexibility index (Phi) is 4.83. The van der Waals surface area contributed by atoms with E-state index in [0.717, 1.165) is 18.5 Å². The fourth-order valence-corrected chi connectivity index (χ4v) is 2.70. The molecule has 1 aromatic carbocycles. The van der Waals surface area contributed by atoms with E-state index >= 15 is 0 Å². The molecule has 0 bridgehead atoms. The van der Waals surface area contributed by atoms with Crippen molar-refractivity contribution >= 4 is 17.6 Å². The standard InChI is InChI=1S/C16H22N2O3/c1-12-7-9-16(10-8-12,15(20)21)18-14(19)11-17-13-5-3-2-4-6-13/h2-6,12,17H,7-11H2,1H3,(H,18,19)(H,20,21). The highest BCUT2D eigenvalue weighted by Crippen LogP contribution is 2.32. The molecule has 1 aromatic rings. The van der Waals surface area contributed by atoms with Gasteiger partial charge in [0.25, 0.3) is 0 Å². The SMILES string of the molecule is CC1CCC(NC(=O)CNc2ccccc2)(C(=O)O)CC1. The van der Waals surface area contributed by atoms with Gasteiger partial charge in [-0.25, -0.2) is 4.79 Å². The molecule has 2 rings (SSSR count). The van der Waals surface area contributed by atoms with Crippen molar-refractivity contribution in [1.29, 1.82) is 0 Å². The van der Waals surface area contributed by atoms with Gasteiger partial charge in [-0.05, 0) is 43.7 Å². The van der Waals surface area contributed by atoms with E-state index in [0.29, 0.717) is 18.8 Å². The molecule has 0 aliphatic heterocycles. The molecule has 5 nitrogen and oxygen atoms in total. The first kappa shape index (κ1) is 15.4. The number of carboxylic acid groups (broad SMARTS) is 1. The van der Waals surface area contributed by atoms with Crippen molar-refractivity contribution in [3.05, 3.63) is 30.3 Å². The van der Waals surface area contributed by atoms with Crippen molar-refractivity contribution in [3.63, 3.8) is 0 Å². The van der Waals surface area contributed by atoms with E-state index in [2.05, 4.69) is 17.6 Å². The molecule has 0 radical (unpaired) electrons. The summed E-state index contributed by atoms with van der Waals surface area (Å²) in [6.07, 6.45) is 2.67. The molecule has 0 atom stereocenters. The van der Waals surface area contributed by atoms with Crippen LogP contribution in [0.1, 0.15) is 32.6 Å². The van der Waals surface area contributed by atoms with Crippen LogP contribution in [0.5, 0.6) is 0 Å². The quantitative estimate of drug-likeness (QED) is 0.777. The predicted molar refractivity (Wildman–Crippen MR) is 81.1 cm³/mol. The Balaban J connectivity index is 1.91. The molecule has 0 saturated heterocycles. The van der Waals surface area contributed by atoms with Gasteiger partial charge < -0.3 is 15.7 Å². The molecule has 0 unspecified atom stereocenters. The largest absolute Gasteiger partial charge is 0.480 e. The van der Waals surface area contributed by atoms with Gasteiger partial charge in [-0.15, -0.1) is 0 Å². The Bertz CT molecular complexity index is 494. The summed E-state index contributed by atoms with van der Waals surface area (Å²) in [7, 11) is 0. The van der Waals surface area contributed by atoms with Gasteiger partial charge in [-0.3, -0.25) is 4.79 Å². The first-order chi connectivity index (χ1) is 10.0. The lowest BCUT2D eigenvalue weighted by Crippen LogP contribution is -2.57. The summed E-state index contributed by atoms with van der Waals surface area (Å²) in [6.45, 7) is 2.19. The van der Waals surface area contributed by atoms with Crippen LogP contribution >= 0.6 is 0 Å². The van der Waals surface area contributed by atoms with E-state index in [4.69, 9.17) is 0 Å². The number of para-hydroxylation sites is 1. The number of carboxylic acids is 1. The predicted octanol–water partition coefficient (Wildman–Crippen LogP) is 2.25. The van der Waals surface area contributed by atoms with E-state index in [9.17, 15) is 14.7 Å². The highest BCUT2D eigenvalue weighted by atomic mass is 16.4. The molecule has 3 N–H and O–H groups in total. The lowest BCUT2D eigenvalue weighted by Gasteiger charge is -2.36. The fourth-order valence-electron chi connectivity index (χ4n) is 2.70. The van der Waals surface area contributed by atoms with Crippen LogP contribution in [0.15, 0.2) is 30.3 Å². The summed E-state index contributed by atoms with van der Waals surface area (Å²) in [4.78, 5) is 23.6. The third kappa shape index (κ3) is 3.97. The number of aliphatic carboxylic acids is 1. The van der Waals surface area contributed by atoms with Crippen LogP contribution in [0.4, 0.5) is 5.69 Å². The molecule has 1 fully saturated rings. The van der Waals surface area contributed by atoms with E-state index < -0.39 is 11.5 Å². The molecule has 1 amide bonds. The smallest absolute Gasteiger partial charge is 0.329 e. The number of rotatable bonds is 5. The second kappa shape index (κ2) is 6.61. The van der Waals surface area contributed by atoms with Gasteiger partial charge in [0.2, 0.25) is 5.91 Å². The number of amides is 1. The number of hydrogen-bond donors (Lipinski definition) is 3. The number of anilines is 1. The summed E-state index contributed by atoms with van der Waals surface area (Å²) in [6, 6.07) is 9.38. The highest BCUT2D eigenvalue weighted by Gasteiger charge is 2.42. The molecule has 0 aromatic heterocycles. The Morgan fingerprint density at radius 1 is 1.24 bits per heavy atom. The molecular formula is C16H22N2O3. The molecule has 5 heteroatoms. The molecule has 0 spiro atoms. The van der Waals surface area contributed by atoms with Crippen LogP contribution in [0.25, 0.3) is 0 Å². The number of benzene rings is 1. The molecule has 1 aliphatic rings. The summed E-state index contributed by atoms with van der Waals surface area (Å²) >= 11 is 0. The van der Waals surface area contributed by atoms with Crippen LogP contribution in [-0.4, -0.2) is 29.1 Å². The number of nitrogens with one attached hydrogen (secondary N) is 2. The van der Waals surface area contributed by atoms with Gasteiger partial charge in [0.05, 0.1) is 6.54 Å². The monoisotopic (exact) mass is 290 g/mol. The van der Waals surface area contributed by atoms with Crippen molar-refractivity contribution in [2.75, 3.05) is 11.9 Å². The lowest BCUT2D eigenvalue weighted by atomic mass is 9.77. The number of hydrogen-bond acceptors (Lipinski definition) is 3. The van der Waals surface area contributed by atoms with E-state index in [1.54, 1.807) is 0 Å². The maximum Gasteiger partial charge on any atom is 0.329 e. The van der Waals surface area contributed by atoms with Crippen LogP contribution in [0, 0.1) is 5.92 Å². The van der Waals surface area contributed by atoms with Crippen LogP contribution in [0.3, 0.4) is 0 Å². The van der Waals surface area contributed by atoms with E-state index in [1.807, 2.05) is 30.3 Å². The Hall–Kier alpha value is -2.04. The summed E-state index contributed by atoms with van der Waals surface area (Å²) < 4.78 is 0. The zero-order valence-corrected chi connectivity index (χ0v) is 12.3. The first-order valence-electron chi connectivity index (χ1n) is 7.35. The van der Waals surface area contributed by atoms with Crippen molar-refractivity contribution < 1.29 is 14.7 Å². The third-order valence-corrected chi connectivity index (χ3v) is 4.14. The average molecular weight is 290 g/mol. The minimum Gasteiger partial charge on any atom is -0.480 e. The molecule has 114 valence electrons. The molecule has 21 heavy (non-hydrogen) atoms. The minimum absolute atomic E-state index is 0.0780. The van der Waals surface area contributed by atoms with Gasteiger partial charge in [-0.1, -0.05) is 25.1 Å². The molecule has 1 saturated carbocycles. The van der Waals surface area contributed by atoms with Gasteiger partial charge in [0.15, 0.2) is 0 Å². The normalized spacial score (nSPS) is 25.1. The zero-order valence-electron chi connectivity index (χ0n) is 12.3. The van der Waals surface area contributed by atoms with Crippen molar-refractivity contribution in [1.82, 2.24) is 5.32 Å². The summed E-state index contributed by atoms with van der Waals surface area (Å²) in [5.41, 5.74) is -0.253. The van der Waals surface area contributed by atoms with Crippen LogP contribution in [0.2, 0.25) is 0 Å². The lowest BCUT2D eigenvalue weighted by molar-refractivity contribution is -0.149. The minimum atomic E-state index is -1.10. The fraction of sp³-hybridized carbons (Fsp3) is 0.500. The second-order valence-corrected chi connectivity index (χ2v) is 5.84. The van der Waals surface area contributed by atoms with Gasteiger partial charge in [0, 0.05) is 5.69 Å². The Labute approximate surface area is 124 Å². The summed E-state index contributed by atoms with van der Waals surface area (Å²) in [5, 5.41) is 15.2. The van der Waals surface area contributed by atoms with Crippen LogP contribution in [-0.2, 0) is 9.59 Å². The molecule has 1 aliphatic carbocycles. The highest BCUT2D eigenvalue weighted by molar-refractivity contribution is 5.89. The van der Waals surface area contributed by atoms with Gasteiger partial charge in [0.1, 0.15) is 5.54 Å². The maximum absolute atomic E-state index is 12.0. The number of carbonyl (C=O) groups excluding carboxylic acids is 1. The van der Waals surface area contributed by atoms with Crippen molar-refractivity contribution in [3.8, 4) is 0 Å². The third-order valence-electron chi connectivity index (χ3n) is 4.14. The van der Waals surface area contributed by atoms with E-state index in [1.165, 1.54) is 0 Å². The topological polar surface area (TPSA) is 78.4 Å². The number of carbonyl (C=O) groups is 2. The molecular weight excluding hydrogens is 268 g/mol. The van der Waals surface area contributed by atoms with E-state index in [-0.39, 0.29) is 12.5 Å². The van der Waals surface area contributed by atoms with Crippen molar-refractivity contribution in [2.24, 2.45) is 5.92 Å². The Morgan fingerprint density at radius 3 is 2.43 bits per heavy atom. The van der Waals surface area contributed by atoms with Crippen LogP contribution < -0.4 is 10.6 Å². The average Bonchev–Trinajstić information content (AvgIpc) is 2.48. The van der Waals surface area contributed by atoms with Gasteiger partial charge in [-0.2, -0.15) is 0 Å².